The van der Waals surface area contributed by atoms with Gasteiger partial charge in [-0.25, -0.2) is 9.78 Å². The molecule has 8 nitrogen and oxygen atoms in total. The minimum Gasteiger partial charge on any atom is -0.444 e. The first kappa shape index (κ1) is 23.7. The monoisotopic (exact) mass is 476 g/mol. The molecule has 1 saturated carbocycles. The molecule has 0 bridgehead atoms. The van der Waals surface area contributed by atoms with E-state index in [0.29, 0.717) is 12.0 Å². The van der Waals surface area contributed by atoms with E-state index in [-0.39, 0.29) is 6.09 Å². The number of hydrogen-bond donors (Lipinski definition) is 1. The zero-order chi connectivity index (χ0) is 24.6. The molecule has 0 radical (unpaired) electrons. The Morgan fingerprint density at radius 2 is 1.94 bits per heavy atom. The molecular formula is C27H36N6O2. The smallest absolute Gasteiger partial charge is 0.410 e. The van der Waals surface area contributed by atoms with E-state index in [1.807, 2.05) is 39.2 Å². The van der Waals surface area contributed by atoms with Gasteiger partial charge in [-0.15, -0.1) is 0 Å². The second kappa shape index (κ2) is 9.57. The average Bonchev–Trinajstić information content (AvgIpc) is 3.23. The van der Waals surface area contributed by atoms with Crippen LogP contribution < -0.4 is 5.73 Å². The minimum atomic E-state index is -0.460. The van der Waals surface area contributed by atoms with Crippen molar-refractivity contribution in [2.45, 2.75) is 64.5 Å². The van der Waals surface area contributed by atoms with Crippen LogP contribution in [0.3, 0.4) is 0 Å². The second-order valence-electron chi connectivity index (χ2n) is 11.2. The summed E-state index contributed by atoms with van der Waals surface area (Å²) in [4.78, 5) is 23.5. The van der Waals surface area contributed by atoms with Crippen molar-refractivity contribution >= 4 is 17.1 Å². The highest BCUT2D eigenvalue weighted by Gasteiger charge is 2.33. The quantitative estimate of drug-likeness (QED) is 0.535. The number of nitrogens with zero attached hydrogens (tertiary/aromatic N) is 5. The number of fused-ring (bicyclic) bond motifs is 1. The van der Waals surface area contributed by atoms with Crippen molar-refractivity contribution in [1.29, 1.82) is 0 Å². The van der Waals surface area contributed by atoms with Crippen LogP contribution in [0.15, 0.2) is 36.8 Å². The number of likely N-dealkylation sites (tertiary alicyclic amines) is 1. The van der Waals surface area contributed by atoms with Crippen molar-refractivity contribution < 1.29 is 9.53 Å². The Labute approximate surface area is 206 Å². The number of nitrogens with two attached hydrogens (primary N) is 1. The molecule has 1 aliphatic heterocycles. The van der Waals surface area contributed by atoms with Crippen LogP contribution in [0.1, 0.15) is 58.1 Å². The molecule has 0 atom stereocenters. The number of hydrogen-bond acceptors (Lipinski definition) is 6. The highest BCUT2D eigenvalue weighted by atomic mass is 16.6. The SMILES string of the molecule is CC(C)(C)OC(=O)N1CC(Cc2ccc3ncc(-c4cnn(C5CC(CCCN)C5)c4)nc3c2)C1. The lowest BCUT2D eigenvalue weighted by Gasteiger charge is -2.39. The van der Waals surface area contributed by atoms with E-state index >= 15 is 0 Å². The molecule has 1 aliphatic carbocycles. The van der Waals surface area contributed by atoms with Gasteiger partial charge in [-0.2, -0.15) is 5.10 Å². The summed E-state index contributed by atoms with van der Waals surface area (Å²) in [5.74, 6) is 1.22. The Hall–Kier alpha value is -3.00. The molecule has 3 aromatic rings. The first-order valence-corrected chi connectivity index (χ1v) is 12.8. The lowest BCUT2D eigenvalue weighted by molar-refractivity contribution is -0.000878. The van der Waals surface area contributed by atoms with E-state index in [9.17, 15) is 4.79 Å². The number of rotatable bonds is 7. The molecule has 1 amide bonds. The number of benzene rings is 1. The molecule has 186 valence electrons. The summed E-state index contributed by atoms with van der Waals surface area (Å²) in [7, 11) is 0. The van der Waals surface area contributed by atoms with E-state index in [0.717, 1.165) is 60.7 Å². The summed E-state index contributed by atoms with van der Waals surface area (Å²) < 4.78 is 7.55. The summed E-state index contributed by atoms with van der Waals surface area (Å²) in [5, 5.41) is 4.61. The van der Waals surface area contributed by atoms with Crippen LogP contribution in [0.25, 0.3) is 22.3 Å². The number of aromatic nitrogens is 4. The summed E-state index contributed by atoms with van der Waals surface area (Å²) in [6, 6.07) is 6.75. The molecule has 2 aliphatic rings. The fourth-order valence-corrected chi connectivity index (χ4v) is 5.06. The Morgan fingerprint density at radius 1 is 1.14 bits per heavy atom. The molecule has 1 saturated heterocycles. The van der Waals surface area contributed by atoms with Crippen molar-refractivity contribution in [3.63, 3.8) is 0 Å². The maximum absolute atomic E-state index is 12.2. The Bertz CT molecular complexity index is 1190. The molecule has 3 heterocycles. The molecule has 1 aromatic carbocycles. The molecule has 2 fully saturated rings. The Kier molecular flexibility index (Phi) is 6.49. The van der Waals surface area contributed by atoms with Crippen LogP contribution in [-0.4, -0.2) is 56.0 Å². The Morgan fingerprint density at radius 3 is 2.69 bits per heavy atom. The molecular weight excluding hydrogens is 440 g/mol. The van der Waals surface area contributed by atoms with Crippen LogP contribution >= 0.6 is 0 Å². The van der Waals surface area contributed by atoms with E-state index in [1.165, 1.54) is 24.8 Å². The zero-order valence-corrected chi connectivity index (χ0v) is 21.0. The normalized spacial score (nSPS) is 20.5. The third-order valence-electron chi connectivity index (χ3n) is 7.04. The van der Waals surface area contributed by atoms with Gasteiger partial charge in [0.25, 0.3) is 0 Å². The van der Waals surface area contributed by atoms with Crippen molar-refractivity contribution in [3.8, 4) is 11.3 Å². The number of carbonyl (C=O) groups is 1. The van der Waals surface area contributed by atoms with Crippen molar-refractivity contribution in [2.75, 3.05) is 19.6 Å². The number of carbonyl (C=O) groups excluding carboxylic acids is 1. The van der Waals surface area contributed by atoms with Gasteiger partial charge in [0, 0.05) is 24.8 Å². The van der Waals surface area contributed by atoms with Gasteiger partial charge in [0.2, 0.25) is 0 Å². The number of ether oxygens (including phenoxy) is 1. The standard InChI is InChI=1S/C27H36N6O2/c1-27(2,3)35-26(34)32-15-20(16-32)9-19-6-7-23-24(12-19)31-25(14-29-23)21-13-30-33(17-21)22-10-18(11-22)5-4-8-28/h6-7,12-14,17-18,20,22H,4-5,8-11,15-16,28H2,1-3H3. The summed E-state index contributed by atoms with van der Waals surface area (Å²) in [6.07, 6.45) is 11.2. The minimum absolute atomic E-state index is 0.226. The zero-order valence-electron chi connectivity index (χ0n) is 21.0. The molecule has 8 heteroatoms. The van der Waals surface area contributed by atoms with Gasteiger partial charge >= 0.3 is 6.09 Å². The van der Waals surface area contributed by atoms with Gasteiger partial charge in [0.05, 0.1) is 35.2 Å². The van der Waals surface area contributed by atoms with Crippen LogP contribution in [0.2, 0.25) is 0 Å². The maximum atomic E-state index is 12.2. The molecule has 0 spiro atoms. The second-order valence-corrected chi connectivity index (χ2v) is 11.2. The number of amides is 1. The highest BCUT2D eigenvalue weighted by Crippen LogP contribution is 2.40. The maximum Gasteiger partial charge on any atom is 0.410 e. The van der Waals surface area contributed by atoms with Gasteiger partial charge in [-0.3, -0.25) is 9.67 Å². The van der Waals surface area contributed by atoms with Crippen LogP contribution in [-0.2, 0) is 11.2 Å². The topological polar surface area (TPSA) is 99.2 Å². The third kappa shape index (κ3) is 5.48. The van der Waals surface area contributed by atoms with Crippen LogP contribution in [0, 0.1) is 11.8 Å². The third-order valence-corrected chi connectivity index (χ3v) is 7.04. The summed E-state index contributed by atoms with van der Waals surface area (Å²) in [5.41, 5.74) is 10.0. The predicted octanol–water partition coefficient (Wildman–Crippen LogP) is 4.59. The summed E-state index contributed by atoms with van der Waals surface area (Å²) >= 11 is 0. The van der Waals surface area contributed by atoms with Gasteiger partial charge < -0.3 is 15.4 Å². The molecule has 35 heavy (non-hydrogen) atoms. The van der Waals surface area contributed by atoms with Crippen molar-refractivity contribution in [3.05, 3.63) is 42.4 Å². The lowest BCUT2D eigenvalue weighted by Crippen LogP contribution is -2.52. The fourth-order valence-electron chi connectivity index (χ4n) is 5.06. The molecule has 0 unspecified atom stereocenters. The lowest BCUT2D eigenvalue weighted by atomic mass is 9.77. The molecule has 2 N–H and O–H groups in total. The average molecular weight is 477 g/mol. The van der Waals surface area contributed by atoms with E-state index in [2.05, 4.69) is 33.1 Å². The first-order chi connectivity index (χ1) is 16.8. The highest BCUT2D eigenvalue weighted by molar-refractivity contribution is 5.77. The van der Waals surface area contributed by atoms with Gasteiger partial charge in [-0.1, -0.05) is 6.07 Å². The van der Waals surface area contributed by atoms with E-state index in [4.69, 9.17) is 15.5 Å². The largest absolute Gasteiger partial charge is 0.444 e. The summed E-state index contributed by atoms with van der Waals surface area (Å²) in [6.45, 7) is 7.92. The predicted molar refractivity (Wildman–Crippen MR) is 136 cm³/mol. The first-order valence-electron chi connectivity index (χ1n) is 12.8. The van der Waals surface area contributed by atoms with Crippen LogP contribution in [0.5, 0.6) is 0 Å². The van der Waals surface area contributed by atoms with Gasteiger partial charge in [0.15, 0.2) is 0 Å². The van der Waals surface area contributed by atoms with Crippen molar-refractivity contribution in [2.24, 2.45) is 17.6 Å². The van der Waals surface area contributed by atoms with Crippen molar-refractivity contribution in [1.82, 2.24) is 24.6 Å². The fraction of sp³-hybridized carbons (Fsp3) is 0.556. The van der Waals surface area contributed by atoms with Gasteiger partial charge in [-0.05, 0) is 89.0 Å². The van der Waals surface area contributed by atoms with Crippen LogP contribution in [0.4, 0.5) is 4.79 Å². The van der Waals surface area contributed by atoms with Gasteiger partial charge in [0.1, 0.15) is 5.60 Å². The molecule has 5 rings (SSSR count). The Balaban J connectivity index is 1.20. The van der Waals surface area contributed by atoms with E-state index < -0.39 is 5.60 Å². The molecule has 2 aromatic heterocycles. The van der Waals surface area contributed by atoms with E-state index in [1.54, 1.807) is 4.90 Å².